The fourth-order valence-corrected chi connectivity index (χ4v) is 0.942. The molecule has 0 aromatic rings. The van der Waals surface area contributed by atoms with Crippen LogP contribution in [0.2, 0.25) is 0 Å². The van der Waals surface area contributed by atoms with Crippen molar-refractivity contribution < 1.29 is 4.99 Å². The summed E-state index contributed by atoms with van der Waals surface area (Å²) in [7, 11) is 0. The molecule has 0 aromatic heterocycles. The van der Waals surface area contributed by atoms with Crippen LogP contribution in [0.1, 0.15) is 0 Å². The molecule has 0 radical (unpaired) electrons. The number of hydrogen-bond acceptors (Lipinski definition) is 0. The molecule has 1 heterocycles. The fourth-order valence-electron chi connectivity index (χ4n) is 0.942. The van der Waals surface area contributed by atoms with E-state index in [0.717, 1.165) is 5.70 Å². The Kier molecular flexibility index (Phi) is 1.05. The molecule has 1 N–H and O–H groups in total. The summed E-state index contributed by atoms with van der Waals surface area (Å²) in [4.78, 5) is 2.97. The Bertz CT molecular complexity index is 341. The van der Waals surface area contributed by atoms with Gasteiger partial charge in [0.25, 0.3) is 5.70 Å². The maximum Gasteiger partial charge on any atom is 0.263 e. The molecule has 0 fully saturated rings. The van der Waals surface area contributed by atoms with Gasteiger partial charge in [-0.2, -0.15) is 4.99 Å². The first-order valence-corrected chi connectivity index (χ1v) is 3.15. The van der Waals surface area contributed by atoms with Crippen molar-refractivity contribution in [2.75, 3.05) is 0 Å². The molecule has 10 heavy (non-hydrogen) atoms. The quantitative estimate of drug-likeness (QED) is 0.436. The van der Waals surface area contributed by atoms with Crippen molar-refractivity contribution in [2.24, 2.45) is 0 Å². The summed E-state index contributed by atoms with van der Waals surface area (Å²) in [6.07, 6.45) is 9.75. The van der Waals surface area contributed by atoms with Crippen LogP contribution in [0.25, 0.3) is 0 Å². The van der Waals surface area contributed by atoms with E-state index in [1.165, 1.54) is 5.57 Å². The van der Waals surface area contributed by atoms with E-state index in [-0.39, 0.29) is 0 Å². The van der Waals surface area contributed by atoms with Crippen molar-refractivity contribution in [2.45, 2.75) is 0 Å². The molecule has 0 atom stereocenters. The van der Waals surface area contributed by atoms with E-state index in [1.807, 2.05) is 30.4 Å². The molecule has 0 saturated heterocycles. The lowest BCUT2D eigenvalue weighted by atomic mass is 10.1. The molecule has 0 unspecified atom stereocenters. The lowest BCUT2D eigenvalue weighted by molar-refractivity contribution is -0.383. The highest BCUT2D eigenvalue weighted by atomic mass is 14.7. The van der Waals surface area contributed by atoms with Crippen LogP contribution in [0, 0.1) is 0 Å². The van der Waals surface area contributed by atoms with E-state index in [9.17, 15) is 0 Å². The van der Waals surface area contributed by atoms with E-state index in [2.05, 4.69) is 16.6 Å². The Morgan fingerprint density at radius 2 is 2.30 bits per heavy atom. The first kappa shape index (κ1) is 5.25. The third-order valence-corrected chi connectivity index (χ3v) is 1.43. The largest absolute Gasteiger partial charge is 0.263 e. The molecule has 2 aliphatic rings. The Morgan fingerprint density at radius 3 is 3.20 bits per heavy atom. The van der Waals surface area contributed by atoms with Gasteiger partial charge in [0.2, 0.25) is 0 Å². The van der Waals surface area contributed by atoms with Crippen LogP contribution in [0.3, 0.4) is 0 Å². The average Bonchev–Trinajstić information content (AvgIpc) is 2.05. The highest BCUT2D eigenvalue weighted by Gasteiger charge is 2.08. The molecule has 1 aliphatic heterocycles. The average molecular weight is 128 g/mol. The standard InChI is InChI=1S/C9H5N/c1-2-6-9-8(4-1)5-3-7-10-9/h1-5H/p+1. The Labute approximate surface area is 59.1 Å². The van der Waals surface area contributed by atoms with Crippen LogP contribution in [0.4, 0.5) is 0 Å². The molecule has 0 amide bonds. The van der Waals surface area contributed by atoms with Crippen LogP contribution in [0.15, 0.2) is 47.4 Å². The van der Waals surface area contributed by atoms with Gasteiger partial charge in [0.05, 0.1) is 5.57 Å². The van der Waals surface area contributed by atoms with E-state index in [4.69, 9.17) is 0 Å². The molecule has 0 bridgehead atoms. The van der Waals surface area contributed by atoms with Crippen molar-refractivity contribution in [1.29, 1.82) is 0 Å². The number of allylic oxidation sites excluding steroid dienone is 4. The van der Waals surface area contributed by atoms with Gasteiger partial charge in [0.15, 0.2) is 5.87 Å². The number of hydrogen-bond donors (Lipinski definition) is 1. The van der Waals surface area contributed by atoms with E-state index in [1.54, 1.807) is 0 Å². The highest BCUT2D eigenvalue weighted by Crippen LogP contribution is 2.07. The molecule has 0 spiro atoms. The van der Waals surface area contributed by atoms with Crippen molar-refractivity contribution >= 4 is 5.87 Å². The Hall–Kier alpha value is -1.55. The van der Waals surface area contributed by atoms with E-state index >= 15 is 0 Å². The molecule has 1 heteroatoms. The lowest BCUT2D eigenvalue weighted by Crippen LogP contribution is -2.65. The van der Waals surface area contributed by atoms with Crippen molar-refractivity contribution in [3.63, 3.8) is 0 Å². The van der Waals surface area contributed by atoms with Gasteiger partial charge < -0.3 is 0 Å². The smallest absolute Gasteiger partial charge is 0.156 e. The number of fused-ring (bicyclic) bond motifs is 1. The summed E-state index contributed by atoms with van der Waals surface area (Å²) in [5, 5.41) is 0. The van der Waals surface area contributed by atoms with Gasteiger partial charge in [-0.3, -0.25) is 0 Å². The predicted octanol–water partition coefficient (Wildman–Crippen LogP) is -0.158. The summed E-state index contributed by atoms with van der Waals surface area (Å²) in [5.74, 6) is 2.88. The zero-order valence-electron chi connectivity index (χ0n) is 5.39. The van der Waals surface area contributed by atoms with Gasteiger partial charge in [-0.05, 0) is 24.0 Å². The van der Waals surface area contributed by atoms with Crippen LogP contribution < -0.4 is 4.99 Å². The summed E-state index contributed by atoms with van der Waals surface area (Å²) in [6.45, 7) is 0. The van der Waals surface area contributed by atoms with Crippen molar-refractivity contribution in [3.05, 3.63) is 47.4 Å². The minimum atomic E-state index is 1.00. The summed E-state index contributed by atoms with van der Waals surface area (Å²) >= 11 is 0. The molecular weight excluding hydrogens is 122 g/mol. The van der Waals surface area contributed by atoms with Crippen LogP contribution in [-0.2, 0) is 0 Å². The SMILES string of the molecule is C1=CC=C2C=CC=C=C2[NH+]=1. The monoisotopic (exact) mass is 128 g/mol. The van der Waals surface area contributed by atoms with Crippen LogP contribution in [-0.4, -0.2) is 5.87 Å². The second-order valence-electron chi connectivity index (χ2n) is 2.10. The van der Waals surface area contributed by atoms with Gasteiger partial charge >= 0.3 is 0 Å². The van der Waals surface area contributed by atoms with Crippen LogP contribution in [0.5, 0.6) is 0 Å². The zero-order valence-corrected chi connectivity index (χ0v) is 5.39. The van der Waals surface area contributed by atoms with Crippen molar-refractivity contribution in [3.8, 4) is 0 Å². The van der Waals surface area contributed by atoms with E-state index in [0.29, 0.717) is 0 Å². The molecule has 0 saturated carbocycles. The molecule has 1 aliphatic carbocycles. The van der Waals surface area contributed by atoms with E-state index < -0.39 is 0 Å². The summed E-state index contributed by atoms with van der Waals surface area (Å²) in [6, 6.07) is 0. The fraction of sp³-hybridized carbons (Fsp3) is 0. The van der Waals surface area contributed by atoms with Crippen molar-refractivity contribution in [1.82, 2.24) is 0 Å². The minimum absolute atomic E-state index is 1.00. The molecule has 46 valence electrons. The Morgan fingerprint density at radius 1 is 1.30 bits per heavy atom. The molecule has 2 rings (SSSR count). The number of rotatable bonds is 0. The third-order valence-electron chi connectivity index (χ3n) is 1.43. The van der Waals surface area contributed by atoms with Gasteiger partial charge in [-0.25, -0.2) is 0 Å². The topological polar surface area (TPSA) is 14.0 Å². The van der Waals surface area contributed by atoms with Gasteiger partial charge in [-0.1, -0.05) is 6.08 Å². The minimum Gasteiger partial charge on any atom is -0.156 e. The second-order valence-corrected chi connectivity index (χ2v) is 2.10. The summed E-state index contributed by atoms with van der Waals surface area (Å²) < 4.78 is 0. The summed E-state index contributed by atoms with van der Waals surface area (Å²) in [5.41, 5.74) is 5.24. The van der Waals surface area contributed by atoms with Gasteiger partial charge in [-0.15, -0.1) is 0 Å². The lowest BCUT2D eigenvalue weighted by Gasteiger charge is -1.95. The third kappa shape index (κ3) is 0.708. The van der Waals surface area contributed by atoms with Gasteiger partial charge in [0, 0.05) is 6.08 Å². The zero-order chi connectivity index (χ0) is 6.81. The normalized spacial score (nSPS) is 18.4. The molecule has 0 aromatic carbocycles. The molecular formula is C9H6N+. The second kappa shape index (κ2) is 2.00. The first-order valence-electron chi connectivity index (χ1n) is 3.15. The molecule has 1 nitrogen and oxygen atoms in total. The first-order chi connectivity index (χ1) is 4.97. The maximum atomic E-state index is 3.06. The highest BCUT2D eigenvalue weighted by molar-refractivity contribution is 5.56. The predicted molar refractivity (Wildman–Crippen MR) is 39.4 cm³/mol. The number of nitrogens with one attached hydrogen (secondary N) is 1. The van der Waals surface area contributed by atoms with Gasteiger partial charge in [0.1, 0.15) is 0 Å². The Balaban J connectivity index is 2.68. The maximum absolute atomic E-state index is 3.06. The van der Waals surface area contributed by atoms with Crippen LogP contribution >= 0.6 is 0 Å².